The van der Waals surface area contributed by atoms with Gasteiger partial charge in [0, 0.05) is 48.7 Å². The van der Waals surface area contributed by atoms with E-state index in [1.165, 1.54) is 5.69 Å². The molecule has 0 saturated carbocycles. The van der Waals surface area contributed by atoms with Gasteiger partial charge >= 0.3 is 0 Å². The second-order valence-corrected chi connectivity index (χ2v) is 5.72. The van der Waals surface area contributed by atoms with Gasteiger partial charge in [0.1, 0.15) is 0 Å². The Balaban J connectivity index is 1.56. The molecular weight excluding hydrogens is 304 g/mol. The standard InChI is InChI=1S/C14H17BrN4/c15-13-1-3-14(4-2-13)19-9-7-17(8-10-19)12-18-6-5-16-11-18/h1-6,11H,7-10,12H2. The maximum absolute atomic E-state index is 4.08. The maximum atomic E-state index is 4.08. The molecule has 3 rings (SSSR count). The lowest BCUT2D eigenvalue weighted by atomic mass is 10.2. The predicted octanol–water partition coefficient (Wildman–Crippen LogP) is 2.43. The lowest BCUT2D eigenvalue weighted by Crippen LogP contribution is -2.46. The zero-order valence-electron chi connectivity index (χ0n) is 10.7. The largest absolute Gasteiger partial charge is 0.369 e. The molecule has 1 aliphatic rings. The first-order chi connectivity index (χ1) is 9.31. The molecule has 0 aliphatic carbocycles. The summed E-state index contributed by atoms with van der Waals surface area (Å²) in [5.74, 6) is 0. The number of anilines is 1. The molecule has 100 valence electrons. The van der Waals surface area contributed by atoms with E-state index < -0.39 is 0 Å². The van der Waals surface area contributed by atoms with E-state index >= 15 is 0 Å². The number of imidazole rings is 1. The molecule has 0 amide bonds. The van der Waals surface area contributed by atoms with Gasteiger partial charge in [0.15, 0.2) is 0 Å². The monoisotopic (exact) mass is 320 g/mol. The van der Waals surface area contributed by atoms with E-state index in [9.17, 15) is 0 Å². The lowest BCUT2D eigenvalue weighted by Gasteiger charge is -2.36. The van der Waals surface area contributed by atoms with Gasteiger partial charge in [-0.2, -0.15) is 0 Å². The Labute approximate surface area is 121 Å². The Bertz CT molecular complexity index is 501. The summed E-state index contributed by atoms with van der Waals surface area (Å²) in [7, 11) is 0. The van der Waals surface area contributed by atoms with Crippen molar-refractivity contribution >= 4 is 21.6 Å². The molecule has 0 radical (unpaired) electrons. The van der Waals surface area contributed by atoms with Crippen LogP contribution in [0.4, 0.5) is 5.69 Å². The highest BCUT2D eigenvalue weighted by molar-refractivity contribution is 9.10. The first kappa shape index (κ1) is 12.7. The van der Waals surface area contributed by atoms with Crippen molar-refractivity contribution < 1.29 is 0 Å². The predicted molar refractivity (Wildman–Crippen MR) is 80.2 cm³/mol. The summed E-state index contributed by atoms with van der Waals surface area (Å²) in [5, 5.41) is 0. The zero-order valence-corrected chi connectivity index (χ0v) is 12.3. The molecule has 0 unspecified atom stereocenters. The van der Waals surface area contributed by atoms with E-state index in [-0.39, 0.29) is 0 Å². The fourth-order valence-electron chi connectivity index (χ4n) is 2.40. The third-order valence-electron chi connectivity index (χ3n) is 3.49. The molecule has 2 heterocycles. The van der Waals surface area contributed by atoms with E-state index in [0.29, 0.717) is 0 Å². The van der Waals surface area contributed by atoms with Crippen molar-refractivity contribution in [1.29, 1.82) is 0 Å². The second kappa shape index (κ2) is 5.75. The van der Waals surface area contributed by atoms with Crippen LogP contribution in [-0.4, -0.2) is 40.6 Å². The van der Waals surface area contributed by atoms with Crippen molar-refractivity contribution in [2.24, 2.45) is 0 Å². The smallest absolute Gasteiger partial charge is 0.0956 e. The van der Waals surface area contributed by atoms with Crippen LogP contribution in [0.25, 0.3) is 0 Å². The van der Waals surface area contributed by atoms with Crippen molar-refractivity contribution in [1.82, 2.24) is 14.5 Å². The first-order valence-electron chi connectivity index (χ1n) is 6.50. The van der Waals surface area contributed by atoms with Crippen LogP contribution >= 0.6 is 15.9 Å². The van der Waals surface area contributed by atoms with Crippen LogP contribution < -0.4 is 4.90 Å². The van der Waals surface area contributed by atoms with E-state index in [1.807, 2.05) is 18.7 Å². The maximum Gasteiger partial charge on any atom is 0.0956 e. The average molecular weight is 321 g/mol. The average Bonchev–Trinajstić information content (AvgIpc) is 2.94. The molecule has 1 saturated heterocycles. The molecular formula is C14H17BrN4. The van der Waals surface area contributed by atoms with Crippen molar-refractivity contribution in [2.75, 3.05) is 31.1 Å². The third-order valence-corrected chi connectivity index (χ3v) is 4.02. The summed E-state index contributed by atoms with van der Waals surface area (Å²) in [5.41, 5.74) is 1.31. The van der Waals surface area contributed by atoms with Crippen LogP contribution in [0.2, 0.25) is 0 Å². The molecule has 0 bridgehead atoms. The van der Waals surface area contributed by atoms with Crippen LogP contribution in [0, 0.1) is 0 Å². The minimum Gasteiger partial charge on any atom is -0.369 e. The highest BCUT2D eigenvalue weighted by Gasteiger charge is 2.16. The molecule has 0 spiro atoms. The quantitative estimate of drug-likeness (QED) is 0.868. The molecule has 0 atom stereocenters. The number of halogens is 1. The zero-order chi connectivity index (χ0) is 13.1. The Morgan fingerprint density at radius 2 is 1.79 bits per heavy atom. The summed E-state index contributed by atoms with van der Waals surface area (Å²) < 4.78 is 3.25. The summed E-state index contributed by atoms with van der Waals surface area (Å²) in [4.78, 5) is 8.98. The van der Waals surface area contributed by atoms with Gasteiger partial charge < -0.3 is 9.47 Å². The van der Waals surface area contributed by atoms with Gasteiger partial charge in [0.2, 0.25) is 0 Å². The summed E-state index contributed by atoms with van der Waals surface area (Å²) in [6.45, 7) is 5.28. The van der Waals surface area contributed by atoms with Crippen molar-refractivity contribution in [3.63, 3.8) is 0 Å². The Hall–Kier alpha value is -1.33. The van der Waals surface area contributed by atoms with E-state index in [2.05, 4.69) is 59.5 Å². The van der Waals surface area contributed by atoms with Gasteiger partial charge in [-0.15, -0.1) is 0 Å². The van der Waals surface area contributed by atoms with Crippen LogP contribution in [0.3, 0.4) is 0 Å². The number of benzene rings is 1. The van der Waals surface area contributed by atoms with E-state index in [4.69, 9.17) is 0 Å². The molecule has 4 nitrogen and oxygen atoms in total. The van der Waals surface area contributed by atoms with Crippen LogP contribution in [0.5, 0.6) is 0 Å². The van der Waals surface area contributed by atoms with Gasteiger partial charge in [-0.3, -0.25) is 4.90 Å². The van der Waals surface area contributed by atoms with Gasteiger partial charge in [0.05, 0.1) is 13.0 Å². The molecule has 1 fully saturated rings. The number of hydrogen-bond donors (Lipinski definition) is 0. The molecule has 1 aliphatic heterocycles. The molecule has 2 aromatic rings. The summed E-state index contributed by atoms with van der Waals surface area (Å²) in [6.07, 6.45) is 5.72. The highest BCUT2D eigenvalue weighted by Crippen LogP contribution is 2.19. The normalized spacial score (nSPS) is 16.8. The minimum absolute atomic E-state index is 0.939. The summed E-state index contributed by atoms with van der Waals surface area (Å²) >= 11 is 3.48. The Morgan fingerprint density at radius 3 is 2.42 bits per heavy atom. The summed E-state index contributed by atoms with van der Waals surface area (Å²) in [6, 6.07) is 8.56. The number of piperazine rings is 1. The Morgan fingerprint density at radius 1 is 1.05 bits per heavy atom. The molecule has 1 aromatic heterocycles. The van der Waals surface area contributed by atoms with Gasteiger partial charge in [-0.05, 0) is 24.3 Å². The topological polar surface area (TPSA) is 24.3 Å². The lowest BCUT2D eigenvalue weighted by molar-refractivity contribution is 0.206. The Kier molecular flexibility index (Phi) is 3.84. The van der Waals surface area contributed by atoms with E-state index in [0.717, 1.165) is 37.3 Å². The van der Waals surface area contributed by atoms with Crippen LogP contribution in [-0.2, 0) is 6.67 Å². The molecule has 19 heavy (non-hydrogen) atoms. The van der Waals surface area contributed by atoms with Crippen LogP contribution in [0.15, 0.2) is 47.5 Å². The number of aromatic nitrogens is 2. The SMILES string of the molecule is Brc1ccc(N2CCN(Cn3ccnc3)CC2)cc1. The van der Waals surface area contributed by atoms with Gasteiger partial charge in [-0.25, -0.2) is 4.98 Å². The van der Waals surface area contributed by atoms with Gasteiger partial charge in [-0.1, -0.05) is 15.9 Å². The van der Waals surface area contributed by atoms with Crippen molar-refractivity contribution in [3.8, 4) is 0 Å². The molecule has 0 N–H and O–H groups in total. The van der Waals surface area contributed by atoms with Crippen molar-refractivity contribution in [3.05, 3.63) is 47.5 Å². The van der Waals surface area contributed by atoms with Crippen molar-refractivity contribution in [2.45, 2.75) is 6.67 Å². The number of nitrogens with zero attached hydrogens (tertiary/aromatic N) is 4. The van der Waals surface area contributed by atoms with Gasteiger partial charge in [0.25, 0.3) is 0 Å². The van der Waals surface area contributed by atoms with Crippen LogP contribution in [0.1, 0.15) is 0 Å². The minimum atomic E-state index is 0.939. The number of hydrogen-bond acceptors (Lipinski definition) is 3. The van der Waals surface area contributed by atoms with E-state index in [1.54, 1.807) is 0 Å². The fourth-order valence-corrected chi connectivity index (χ4v) is 2.67. The first-order valence-corrected chi connectivity index (χ1v) is 7.29. The highest BCUT2D eigenvalue weighted by atomic mass is 79.9. The third kappa shape index (κ3) is 3.16. The second-order valence-electron chi connectivity index (χ2n) is 4.80. The fraction of sp³-hybridized carbons (Fsp3) is 0.357. The number of rotatable bonds is 3. The molecule has 1 aromatic carbocycles. The molecule has 5 heteroatoms.